The maximum Gasteiger partial charge on any atom is 0.253 e. The number of ether oxygens (including phenoxy) is 1. The van der Waals surface area contributed by atoms with E-state index in [-0.39, 0.29) is 30.3 Å². The molecule has 2 saturated heterocycles. The first-order chi connectivity index (χ1) is 11.7. The molecule has 6 nitrogen and oxygen atoms in total. The van der Waals surface area contributed by atoms with Gasteiger partial charge in [0.15, 0.2) is 0 Å². The normalized spacial score (nSPS) is 23.0. The van der Waals surface area contributed by atoms with Crippen LogP contribution in [0.3, 0.4) is 0 Å². The first-order valence-electron chi connectivity index (χ1n) is 8.73. The lowest BCUT2D eigenvalue weighted by molar-refractivity contribution is -0.126. The van der Waals surface area contributed by atoms with Crippen molar-refractivity contribution < 1.29 is 14.3 Å². The van der Waals surface area contributed by atoms with Gasteiger partial charge in [-0.1, -0.05) is 6.07 Å². The minimum absolute atomic E-state index is 0. The Labute approximate surface area is 154 Å². The summed E-state index contributed by atoms with van der Waals surface area (Å²) in [6.07, 6.45) is 4.30. The van der Waals surface area contributed by atoms with E-state index in [1.165, 1.54) is 6.42 Å². The van der Waals surface area contributed by atoms with Gasteiger partial charge in [0, 0.05) is 30.9 Å². The average Bonchev–Trinajstić information content (AvgIpc) is 3.11. The smallest absolute Gasteiger partial charge is 0.253 e. The Balaban J connectivity index is 0.00000225. The van der Waals surface area contributed by atoms with Crippen molar-refractivity contribution in [2.24, 2.45) is 5.73 Å². The number of nitrogens with two attached hydrogens (primary N) is 1. The van der Waals surface area contributed by atoms with Crippen LogP contribution in [0.25, 0.3) is 0 Å². The average molecular weight is 368 g/mol. The predicted octanol–water partition coefficient (Wildman–Crippen LogP) is 2.18. The van der Waals surface area contributed by atoms with Crippen LogP contribution in [0.5, 0.6) is 0 Å². The van der Waals surface area contributed by atoms with Gasteiger partial charge in [0.25, 0.3) is 11.8 Å². The quantitative estimate of drug-likeness (QED) is 0.854. The number of hydrogen-bond donors (Lipinski definition) is 2. The van der Waals surface area contributed by atoms with Crippen LogP contribution in [0.4, 0.5) is 5.69 Å². The summed E-state index contributed by atoms with van der Waals surface area (Å²) < 4.78 is 5.61. The second kappa shape index (κ2) is 9.17. The molecule has 0 unspecified atom stereocenters. The highest BCUT2D eigenvalue weighted by molar-refractivity contribution is 5.98. The van der Waals surface area contributed by atoms with E-state index in [4.69, 9.17) is 10.5 Å². The zero-order chi connectivity index (χ0) is 16.9. The number of halogens is 1. The Hall–Kier alpha value is -1.63. The highest BCUT2D eigenvalue weighted by Gasteiger charge is 2.30. The number of carbonyl (C=O) groups is 2. The van der Waals surface area contributed by atoms with Crippen LogP contribution >= 0.6 is 12.4 Å². The zero-order valence-corrected chi connectivity index (χ0v) is 15.1. The molecule has 2 aliphatic rings. The van der Waals surface area contributed by atoms with E-state index in [0.717, 1.165) is 32.4 Å². The van der Waals surface area contributed by atoms with Gasteiger partial charge < -0.3 is 20.7 Å². The standard InChI is InChI=1S/C18H25N3O3.ClH/c19-12-15-7-8-16(24-15)17(22)20-14-6-4-5-13(11-14)18(23)21-9-2-1-3-10-21;/h4-6,11,15-16H,1-3,7-10,12,19H2,(H,20,22);1H/t15-,16+;/m1./s1. The van der Waals surface area contributed by atoms with Crippen molar-refractivity contribution in [1.29, 1.82) is 0 Å². The second-order valence-corrected chi connectivity index (χ2v) is 6.48. The van der Waals surface area contributed by atoms with E-state index in [1.54, 1.807) is 24.3 Å². The molecule has 0 saturated carbocycles. The lowest BCUT2D eigenvalue weighted by atomic mass is 10.1. The van der Waals surface area contributed by atoms with E-state index in [2.05, 4.69) is 5.32 Å². The minimum Gasteiger partial charge on any atom is -0.364 e. The summed E-state index contributed by atoms with van der Waals surface area (Å²) in [5.41, 5.74) is 6.81. The van der Waals surface area contributed by atoms with Crippen LogP contribution in [0.1, 0.15) is 42.5 Å². The highest BCUT2D eigenvalue weighted by Crippen LogP contribution is 2.21. The molecule has 2 amide bonds. The number of hydrogen-bond acceptors (Lipinski definition) is 4. The lowest BCUT2D eigenvalue weighted by Gasteiger charge is -2.26. The van der Waals surface area contributed by atoms with Gasteiger partial charge in [0.2, 0.25) is 0 Å². The monoisotopic (exact) mass is 367 g/mol. The number of rotatable bonds is 4. The molecule has 1 aromatic carbocycles. The fourth-order valence-electron chi connectivity index (χ4n) is 3.30. The SMILES string of the molecule is Cl.NC[C@H]1CC[C@@H](C(=O)Nc2cccc(C(=O)N3CCCCC3)c2)O1. The van der Waals surface area contributed by atoms with Crippen LogP contribution in [0.15, 0.2) is 24.3 Å². The van der Waals surface area contributed by atoms with E-state index in [9.17, 15) is 9.59 Å². The highest BCUT2D eigenvalue weighted by atomic mass is 35.5. The summed E-state index contributed by atoms with van der Waals surface area (Å²) >= 11 is 0. The fourth-order valence-corrected chi connectivity index (χ4v) is 3.30. The largest absolute Gasteiger partial charge is 0.364 e. The number of nitrogens with one attached hydrogen (secondary N) is 1. The maximum absolute atomic E-state index is 12.6. The zero-order valence-electron chi connectivity index (χ0n) is 14.3. The minimum atomic E-state index is -0.458. The Bertz CT molecular complexity index is 605. The predicted molar refractivity (Wildman–Crippen MR) is 99.0 cm³/mol. The molecule has 1 aromatic rings. The van der Waals surface area contributed by atoms with E-state index in [1.807, 2.05) is 4.90 Å². The summed E-state index contributed by atoms with van der Waals surface area (Å²) in [7, 11) is 0. The van der Waals surface area contributed by atoms with Crippen molar-refractivity contribution in [3.8, 4) is 0 Å². The number of anilines is 1. The molecule has 3 rings (SSSR count). The molecule has 0 aliphatic carbocycles. The number of likely N-dealkylation sites (tertiary alicyclic amines) is 1. The third kappa shape index (κ3) is 4.93. The van der Waals surface area contributed by atoms with Gasteiger partial charge in [-0.2, -0.15) is 0 Å². The lowest BCUT2D eigenvalue weighted by Crippen LogP contribution is -2.35. The third-order valence-electron chi connectivity index (χ3n) is 4.68. The molecule has 0 spiro atoms. The number of carbonyl (C=O) groups excluding carboxylic acids is 2. The van der Waals surface area contributed by atoms with Gasteiger partial charge in [0.05, 0.1) is 6.10 Å². The summed E-state index contributed by atoms with van der Waals surface area (Å²) in [4.78, 5) is 26.7. The van der Waals surface area contributed by atoms with Crippen molar-refractivity contribution in [1.82, 2.24) is 4.90 Å². The number of piperidine rings is 1. The first-order valence-corrected chi connectivity index (χ1v) is 8.73. The van der Waals surface area contributed by atoms with Crippen molar-refractivity contribution in [3.63, 3.8) is 0 Å². The molecule has 25 heavy (non-hydrogen) atoms. The number of nitrogens with zero attached hydrogens (tertiary/aromatic N) is 1. The number of amides is 2. The van der Waals surface area contributed by atoms with Crippen LogP contribution in [-0.2, 0) is 9.53 Å². The maximum atomic E-state index is 12.6. The molecule has 0 aromatic heterocycles. The second-order valence-electron chi connectivity index (χ2n) is 6.48. The van der Waals surface area contributed by atoms with Crippen molar-refractivity contribution in [3.05, 3.63) is 29.8 Å². The topological polar surface area (TPSA) is 84.7 Å². The molecule has 7 heteroatoms. The summed E-state index contributed by atoms with van der Waals surface area (Å²) in [6, 6.07) is 7.12. The summed E-state index contributed by atoms with van der Waals surface area (Å²) in [6.45, 7) is 2.06. The van der Waals surface area contributed by atoms with E-state index in [0.29, 0.717) is 24.2 Å². The van der Waals surface area contributed by atoms with Gasteiger partial charge in [-0.3, -0.25) is 9.59 Å². The van der Waals surface area contributed by atoms with Gasteiger partial charge in [-0.05, 0) is 50.3 Å². The van der Waals surface area contributed by atoms with Crippen molar-refractivity contribution in [2.75, 3.05) is 25.0 Å². The molecular formula is C18H26ClN3O3. The van der Waals surface area contributed by atoms with Gasteiger partial charge >= 0.3 is 0 Å². The Morgan fingerprint density at radius 2 is 1.96 bits per heavy atom. The van der Waals surface area contributed by atoms with Crippen molar-refractivity contribution in [2.45, 2.75) is 44.3 Å². The first kappa shape index (κ1) is 19.7. The third-order valence-corrected chi connectivity index (χ3v) is 4.68. The summed E-state index contributed by atoms with van der Waals surface area (Å²) in [5, 5.41) is 2.85. The van der Waals surface area contributed by atoms with Gasteiger partial charge in [-0.15, -0.1) is 12.4 Å². The Morgan fingerprint density at radius 1 is 1.20 bits per heavy atom. The van der Waals surface area contributed by atoms with Gasteiger partial charge in [-0.25, -0.2) is 0 Å². The molecule has 3 N–H and O–H groups in total. The van der Waals surface area contributed by atoms with E-state index < -0.39 is 6.10 Å². The molecular weight excluding hydrogens is 342 g/mol. The Kier molecular flexibility index (Phi) is 7.23. The molecule has 138 valence electrons. The van der Waals surface area contributed by atoms with E-state index >= 15 is 0 Å². The molecule has 2 fully saturated rings. The van der Waals surface area contributed by atoms with Crippen LogP contribution < -0.4 is 11.1 Å². The number of benzene rings is 1. The Morgan fingerprint density at radius 3 is 2.64 bits per heavy atom. The molecule has 2 atom stereocenters. The van der Waals surface area contributed by atoms with Gasteiger partial charge in [0.1, 0.15) is 6.10 Å². The summed E-state index contributed by atoms with van der Waals surface area (Å²) in [5.74, 6) is -0.139. The van der Waals surface area contributed by atoms with Crippen molar-refractivity contribution >= 4 is 29.9 Å². The van der Waals surface area contributed by atoms with Crippen LogP contribution in [-0.4, -0.2) is 48.6 Å². The molecule has 2 heterocycles. The molecule has 0 radical (unpaired) electrons. The fraction of sp³-hybridized carbons (Fsp3) is 0.556. The molecule has 2 aliphatic heterocycles. The van der Waals surface area contributed by atoms with Crippen LogP contribution in [0.2, 0.25) is 0 Å². The van der Waals surface area contributed by atoms with Crippen LogP contribution in [0, 0.1) is 0 Å². The molecule has 0 bridgehead atoms.